The molecule has 94 valence electrons. The average molecular weight is 245 g/mol. The molecular weight excluding hydrogens is 230 g/mol. The highest BCUT2D eigenvalue weighted by Gasteiger charge is 2.40. The zero-order valence-corrected chi connectivity index (χ0v) is 10.1. The molecule has 1 atom stereocenters. The zero-order chi connectivity index (χ0) is 12.4. The fourth-order valence-electron chi connectivity index (χ4n) is 2.51. The smallest absolute Gasteiger partial charge is 0.128 e. The van der Waals surface area contributed by atoms with E-state index >= 15 is 0 Å². The Morgan fingerprint density at radius 3 is 3.00 bits per heavy atom. The van der Waals surface area contributed by atoms with Gasteiger partial charge in [0.15, 0.2) is 0 Å². The van der Waals surface area contributed by atoms with Crippen molar-refractivity contribution < 1.29 is 9.47 Å². The fraction of sp³-hybridized carbons (Fsp3) is 0.538. The molecule has 1 aromatic rings. The molecule has 2 aliphatic rings. The van der Waals surface area contributed by atoms with Crippen molar-refractivity contribution in [2.45, 2.75) is 12.0 Å². The summed E-state index contributed by atoms with van der Waals surface area (Å²) in [4.78, 5) is 6.54. The van der Waals surface area contributed by atoms with Crippen LogP contribution in [0.1, 0.15) is 12.0 Å². The van der Waals surface area contributed by atoms with Crippen molar-refractivity contribution in [2.75, 3.05) is 37.8 Å². The standard InChI is InChI=1S/C13H15N3O2/c14-7-11-1-2-12(15-8-11)16-4-6-18-13(9-16)3-5-17-10-13/h1-2,8H,3-6,9-10H2. The quantitative estimate of drug-likeness (QED) is 0.737. The minimum absolute atomic E-state index is 0.159. The molecule has 2 fully saturated rings. The highest BCUT2D eigenvalue weighted by Crippen LogP contribution is 2.29. The Bertz CT molecular complexity index is 460. The van der Waals surface area contributed by atoms with Crippen LogP contribution in [0.3, 0.4) is 0 Å². The molecule has 2 saturated heterocycles. The van der Waals surface area contributed by atoms with Crippen molar-refractivity contribution in [3.05, 3.63) is 23.9 Å². The molecule has 0 aliphatic carbocycles. The van der Waals surface area contributed by atoms with Crippen LogP contribution >= 0.6 is 0 Å². The summed E-state index contributed by atoms with van der Waals surface area (Å²) in [5, 5.41) is 8.77. The Kier molecular flexibility index (Phi) is 2.90. The summed E-state index contributed by atoms with van der Waals surface area (Å²) < 4.78 is 11.3. The van der Waals surface area contributed by atoms with Gasteiger partial charge in [-0.2, -0.15) is 5.26 Å². The minimum atomic E-state index is -0.159. The zero-order valence-electron chi connectivity index (χ0n) is 10.1. The van der Waals surface area contributed by atoms with Gasteiger partial charge in [-0.25, -0.2) is 4.98 Å². The van der Waals surface area contributed by atoms with Gasteiger partial charge in [0.25, 0.3) is 0 Å². The summed E-state index contributed by atoms with van der Waals surface area (Å²) >= 11 is 0. The second kappa shape index (κ2) is 4.56. The van der Waals surface area contributed by atoms with Crippen molar-refractivity contribution in [3.8, 4) is 6.07 Å². The van der Waals surface area contributed by atoms with Crippen molar-refractivity contribution in [1.82, 2.24) is 4.98 Å². The molecule has 0 saturated carbocycles. The van der Waals surface area contributed by atoms with Crippen LogP contribution in [0.5, 0.6) is 0 Å². The van der Waals surface area contributed by atoms with Crippen LogP contribution in [-0.2, 0) is 9.47 Å². The Balaban J connectivity index is 1.77. The van der Waals surface area contributed by atoms with Gasteiger partial charge in [0, 0.05) is 25.8 Å². The van der Waals surface area contributed by atoms with Gasteiger partial charge in [-0.1, -0.05) is 0 Å². The van der Waals surface area contributed by atoms with Gasteiger partial charge in [-0.05, 0) is 12.1 Å². The SMILES string of the molecule is N#Cc1ccc(N2CCOC3(CCOC3)C2)nc1. The molecule has 2 aliphatic heterocycles. The summed E-state index contributed by atoms with van der Waals surface area (Å²) in [6.07, 6.45) is 2.56. The maximum absolute atomic E-state index is 8.77. The molecule has 0 radical (unpaired) electrons. The number of anilines is 1. The highest BCUT2D eigenvalue weighted by molar-refractivity contribution is 5.42. The second-order valence-electron chi connectivity index (χ2n) is 4.77. The number of hydrogen-bond acceptors (Lipinski definition) is 5. The van der Waals surface area contributed by atoms with E-state index in [4.69, 9.17) is 14.7 Å². The average Bonchev–Trinajstić information content (AvgIpc) is 2.87. The Labute approximate surface area is 106 Å². The van der Waals surface area contributed by atoms with Gasteiger partial charge < -0.3 is 14.4 Å². The summed E-state index contributed by atoms with van der Waals surface area (Å²) in [5.74, 6) is 0.906. The van der Waals surface area contributed by atoms with Gasteiger partial charge in [-0.15, -0.1) is 0 Å². The summed E-state index contributed by atoms with van der Waals surface area (Å²) in [6, 6.07) is 5.78. The molecule has 5 heteroatoms. The largest absolute Gasteiger partial charge is 0.378 e. The third-order valence-corrected chi connectivity index (χ3v) is 3.52. The monoisotopic (exact) mass is 245 g/mol. The van der Waals surface area contributed by atoms with Crippen LogP contribution in [0.25, 0.3) is 0 Å². The van der Waals surface area contributed by atoms with Gasteiger partial charge in [-0.3, -0.25) is 0 Å². The summed E-state index contributed by atoms with van der Waals surface area (Å²) in [5.41, 5.74) is 0.430. The number of aromatic nitrogens is 1. The van der Waals surface area contributed by atoms with E-state index in [1.165, 1.54) is 0 Å². The van der Waals surface area contributed by atoms with E-state index in [0.29, 0.717) is 18.8 Å². The molecule has 0 N–H and O–H groups in total. The van der Waals surface area contributed by atoms with Crippen LogP contribution in [0.15, 0.2) is 18.3 Å². The molecule has 1 spiro atoms. The molecule has 1 aromatic heterocycles. The fourth-order valence-corrected chi connectivity index (χ4v) is 2.51. The molecule has 0 aromatic carbocycles. The molecule has 1 unspecified atom stereocenters. The number of nitriles is 1. The van der Waals surface area contributed by atoms with Crippen LogP contribution in [0.4, 0.5) is 5.82 Å². The number of rotatable bonds is 1. The van der Waals surface area contributed by atoms with Crippen LogP contribution < -0.4 is 4.90 Å². The Morgan fingerprint density at radius 2 is 2.33 bits per heavy atom. The van der Waals surface area contributed by atoms with Gasteiger partial charge in [0.05, 0.1) is 25.3 Å². The molecule has 0 bridgehead atoms. The number of ether oxygens (including phenoxy) is 2. The second-order valence-corrected chi connectivity index (χ2v) is 4.77. The van der Waals surface area contributed by atoms with Crippen molar-refractivity contribution in [3.63, 3.8) is 0 Å². The third kappa shape index (κ3) is 2.05. The molecule has 18 heavy (non-hydrogen) atoms. The minimum Gasteiger partial charge on any atom is -0.378 e. The van der Waals surface area contributed by atoms with Crippen molar-refractivity contribution in [2.24, 2.45) is 0 Å². The van der Waals surface area contributed by atoms with Gasteiger partial charge >= 0.3 is 0 Å². The van der Waals surface area contributed by atoms with E-state index in [1.807, 2.05) is 6.07 Å². The van der Waals surface area contributed by atoms with Crippen molar-refractivity contribution >= 4 is 5.82 Å². The Hall–Kier alpha value is -1.64. The van der Waals surface area contributed by atoms with E-state index in [2.05, 4.69) is 16.0 Å². The van der Waals surface area contributed by atoms with E-state index < -0.39 is 0 Å². The van der Waals surface area contributed by atoms with Gasteiger partial charge in [0.1, 0.15) is 17.5 Å². The van der Waals surface area contributed by atoms with E-state index in [0.717, 1.165) is 31.9 Å². The van der Waals surface area contributed by atoms with Crippen molar-refractivity contribution in [1.29, 1.82) is 5.26 Å². The van der Waals surface area contributed by atoms with Crippen LogP contribution in [-0.4, -0.2) is 43.5 Å². The number of hydrogen-bond donors (Lipinski definition) is 0. The molecule has 5 nitrogen and oxygen atoms in total. The maximum atomic E-state index is 8.77. The summed E-state index contributed by atoms with van der Waals surface area (Å²) in [7, 11) is 0. The van der Waals surface area contributed by atoms with E-state index in [-0.39, 0.29) is 5.60 Å². The third-order valence-electron chi connectivity index (χ3n) is 3.52. The number of nitrogens with zero attached hydrogens (tertiary/aromatic N) is 3. The predicted octanol–water partition coefficient (Wildman–Crippen LogP) is 0.949. The van der Waals surface area contributed by atoms with Crippen LogP contribution in [0, 0.1) is 11.3 Å². The number of morpholine rings is 1. The highest BCUT2D eigenvalue weighted by atomic mass is 16.6. The lowest BCUT2D eigenvalue weighted by atomic mass is 10.0. The van der Waals surface area contributed by atoms with Crippen LogP contribution in [0.2, 0.25) is 0 Å². The first-order valence-electron chi connectivity index (χ1n) is 6.14. The number of pyridine rings is 1. The lowest BCUT2D eigenvalue weighted by Gasteiger charge is -2.40. The molecule has 0 amide bonds. The van der Waals surface area contributed by atoms with E-state index in [1.54, 1.807) is 12.3 Å². The maximum Gasteiger partial charge on any atom is 0.128 e. The van der Waals surface area contributed by atoms with Gasteiger partial charge in [0.2, 0.25) is 0 Å². The lowest BCUT2D eigenvalue weighted by Crippen LogP contribution is -2.52. The first-order valence-corrected chi connectivity index (χ1v) is 6.14. The Morgan fingerprint density at radius 1 is 1.39 bits per heavy atom. The van der Waals surface area contributed by atoms with E-state index in [9.17, 15) is 0 Å². The molecule has 3 rings (SSSR count). The first-order chi connectivity index (χ1) is 8.81. The normalized spacial score (nSPS) is 27.4. The topological polar surface area (TPSA) is 58.4 Å². The summed E-state index contributed by atoms with van der Waals surface area (Å²) in [6.45, 7) is 3.78. The molecular formula is C13H15N3O2. The first kappa shape index (κ1) is 11.5. The predicted molar refractivity (Wildman–Crippen MR) is 65.3 cm³/mol. The lowest BCUT2D eigenvalue weighted by molar-refractivity contribution is -0.0581. The molecule has 3 heterocycles.